The molecule has 11 heavy (non-hydrogen) atoms. The van der Waals surface area contributed by atoms with Crippen molar-refractivity contribution in [2.24, 2.45) is 11.5 Å². The molecule has 0 amide bonds. The first-order chi connectivity index (χ1) is 5.16. The molecule has 0 bridgehead atoms. The van der Waals surface area contributed by atoms with Crippen molar-refractivity contribution in [3.8, 4) is 0 Å². The molecule has 0 saturated carbocycles. The number of hydrogen-bond acceptors (Lipinski definition) is 2. The van der Waals surface area contributed by atoms with Gasteiger partial charge < -0.3 is 16.5 Å². The third-order valence-corrected chi connectivity index (χ3v) is 2.09. The summed E-state index contributed by atoms with van der Waals surface area (Å²) in [5.41, 5.74) is 14.7. The number of rotatable bonds is 2. The molecule has 0 aliphatic heterocycles. The van der Waals surface area contributed by atoms with E-state index in [1.54, 1.807) is 0 Å². The molecular weight excluding hydrogens is 138 g/mol. The number of aromatic nitrogens is 1. The van der Waals surface area contributed by atoms with Crippen LogP contribution in [-0.2, 0) is 0 Å². The van der Waals surface area contributed by atoms with Crippen molar-refractivity contribution in [1.82, 2.24) is 4.98 Å². The molecule has 1 unspecified atom stereocenters. The lowest BCUT2D eigenvalue weighted by molar-refractivity contribution is 0.733. The van der Waals surface area contributed by atoms with E-state index in [1.165, 1.54) is 11.3 Å². The number of nitrogens with two attached hydrogens (primary N) is 2. The van der Waals surface area contributed by atoms with E-state index in [4.69, 9.17) is 11.5 Å². The lowest BCUT2D eigenvalue weighted by atomic mass is 10.1. The third-order valence-electron chi connectivity index (χ3n) is 2.09. The standard InChI is InChI=1S/C8H15N3/c1-5-6(2)11-4-7(5)8(10)3-9/h4,8,11H,3,9-10H2,1-2H3. The number of aromatic amines is 1. The Bertz CT molecular complexity index is 239. The van der Waals surface area contributed by atoms with Crippen LogP contribution < -0.4 is 11.5 Å². The highest BCUT2D eigenvalue weighted by Gasteiger charge is 2.09. The van der Waals surface area contributed by atoms with Crippen LogP contribution in [0.5, 0.6) is 0 Å². The summed E-state index contributed by atoms with van der Waals surface area (Å²) in [6, 6.07) is -0.0278. The van der Waals surface area contributed by atoms with Gasteiger partial charge in [-0.1, -0.05) is 0 Å². The van der Waals surface area contributed by atoms with Crippen molar-refractivity contribution in [3.63, 3.8) is 0 Å². The van der Waals surface area contributed by atoms with Crippen LogP contribution in [0.3, 0.4) is 0 Å². The molecule has 0 aliphatic rings. The Morgan fingerprint density at radius 2 is 2.18 bits per heavy atom. The minimum atomic E-state index is -0.0278. The molecule has 0 aromatic carbocycles. The molecule has 62 valence electrons. The summed E-state index contributed by atoms with van der Waals surface area (Å²) in [7, 11) is 0. The fraction of sp³-hybridized carbons (Fsp3) is 0.500. The Morgan fingerprint density at radius 1 is 1.55 bits per heavy atom. The first-order valence-corrected chi connectivity index (χ1v) is 3.77. The molecule has 0 fully saturated rings. The topological polar surface area (TPSA) is 67.8 Å². The summed E-state index contributed by atoms with van der Waals surface area (Å²) in [4.78, 5) is 3.12. The second kappa shape index (κ2) is 3.07. The van der Waals surface area contributed by atoms with E-state index >= 15 is 0 Å². The van der Waals surface area contributed by atoms with Crippen LogP contribution in [0, 0.1) is 13.8 Å². The molecule has 1 rings (SSSR count). The predicted octanol–water partition coefficient (Wildman–Crippen LogP) is 0.590. The van der Waals surface area contributed by atoms with Crippen molar-refractivity contribution in [2.75, 3.05) is 6.54 Å². The molecule has 1 aromatic rings. The highest BCUT2D eigenvalue weighted by Crippen LogP contribution is 2.16. The quantitative estimate of drug-likeness (QED) is 0.582. The normalized spacial score (nSPS) is 13.5. The largest absolute Gasteiger partial charge is 0.365 e. The first kappa shape index (κ1) is 8.30. The van der Waals surface area contributed by atoms with E-state index in [1.807, 2.05) is 13.1 Å². The van der Waals surface area contributed by atoms with Gasteiger partial charge in [-0.2, -0.15) is 0 Å². The average Bonchev–Trinajstić information content (AvgIpc) is 2.32. The number of aryl methyl sites for hydroxylation is 1. The van der Waals surface area contributed by atoms with Gasteiger partial charge in [0.2, 0.25) is 0 Å². The highest BCUT2D eigenvalue weighted by molar-refractivity contribution is 5.31. The molecule has 3 heteroatoms. The molecule has 1 aromatic heterocycles. The Hall–Kier alpha value is -0.800. The summed E-state index contributed by atoms with van der Waals surface area (Å²) in [5.74, 6) is 0. The van der Waals surface area contributed by atoms with Crippen LogP contribution in [0.25, 0.3) is 0 Å². The number of H-pyrrole nitrogens is 1. The fourth-order valence-corrected chi connectivity index (χ4v) is 1.13. The van der Waals surface area contributed by atoms with E-state index in [2.05, 4.69) is 11.9 Å². The Morgan fingerprint density at radius 3 is 2.55 bits per heavy atom. The van der Waals surface area contributed by atoms with Crippen LogP contribution in [-0.4, -0.2) is 11.5 Å². The van der Waals surface area contributed by atoms with Crippen molar-refractivity contribution in [2.45, 2.75) is 19.9 Å². The maximum atomic E-state index is 5.76. The number of hydrogen-bond donors (Lipinski definition) is 3. The molecule has 0 spiro atoms. The van der Waals surface area contributed by atoms with Gasteiger partial charge in [-0.25, -0.2) is 0 Å². The zero-order chi connectivity index (χ0) is 8.43. The van der Waals surface area contributed by atoms with Gasteiger partial charge in [-0.3, -0.25) is 0 Å². The van der Waals surface area contributed by atoms with Crippen LogP contribution >= 0.6 is 0 Å². The minimum Gasteiger partial charge on any atom is -0.365 e. The molecular formula is C8H15N3. The van der Waals surface area contributed by atoms with Gasteiger partial charge in [0, 0.05) is 24.5 Å². The maximum Gasteiger partial charge on any atom is 0.0437 e. The monoisotopic (exact) mass is 153 g/mol. The second-order valence-electron chi connectivity index (χ2n) is 2.84. The first-order valence-electron chi connectivity index (χ1n) is 3.77. The van der Waals surface area contributed by atoms with Gasteiger partial charge in [0.1, 0.15) is 0 Å². The highest BCUT2D eigenvalue weighted by atomic mass is 14.8. The van der Waals surface area contributed by atoms with Crippen molar-refractivity contribution in [3.05, 3.63) is 23.0 Å². The van der Waals surface area contributed by atoms with E-state index in [0.29, 0.717) is 6.54 Å². The van der Waals surface area contributed by atoms with Gasteiger partial charge in [0.15, 0.2) is 0 Å². The maximum absolute atomic E-state index is 5.76. The van der Waals surface area contributed by atoms with E-state index < -0.39 is 0 Å². The van der Waals surface area contributed by atoms with Gasteiger partial charge in [0.25, 0.3) is 0 Å². The Balaban J connectivity index is 2.94. The van der Waals surface area contributed by atoms with Gasteiger partial charge in [0.05, 0.1) is 0 Å². The zero-order valence-electron chi connectivity index (χ0n) is 7.02. The van der Waals surface area contributed by atoms with Crippen molar-refractivity contribution < 1.29 is 0 Å². The van der Waals surface area contributed by atoms with E-state index in [9.17, 15) is 0 Å². The van der Waals surface area contributed by atoms with Crippen molar-refractivity contribution >= 4 is 0 Å². The summed E-state index contributed by atoms with van der Waals surface area (Å²) < 4.78 is 0. The van der Waals surface area contributed by atoms with Crippen LogP contribution in [0.15, 0.2) is 6.20 Å². The average molecular weight is 153 g/mol. The van der Waals surface area contributed by atoms with Crippen LogP contribution in [0.1, 0.15) is 22.9 Å². The molecule has 1 atom stereocenters. The summed E-state index contributed by atoms with van der Waals surface area (Å²) in [6.45, 7) is 4.58. The molecule has 0 aliphatic carbocycles. The smallest absolute Gasteiger partial charge is 0.0437 e. The van der Waals surface area contributed by atoms with Gasteiger partial charge in [-0.05, 0) is 25.0 Å². The molecule has 3 nitrogen and oxygen atoms in total. The van der Waals surface area contributed by atoms with E-state index in [-0.39, 0.29) is 6.04 Å². The summed E-state index contributed by atoms with van der Waals surface area (Å²) in [5, 5.41) is 0. The molecule has 5 N–H and O–H groups in total. The van der Waals surface area contributed by atoms with Crippen molar-refractivity contribution in [1.29, 1.82) is 0 Å². The van der Waals surface area contributed by atoms with Crippen LogP contribution in [0.2, 0.25) is 0 Å². The molecule has 1 heterocycles. The minimum absolute atomic E-state index is 0.0278. The second-order valence-corrected chi connectivity index (χ2v) is 2.84. The summed E-state index contributed by atoms with van der Waals surface area (Å²) >= 11 is 0. The third kappa shape index (κ3) is 1.44. The zero-order valence-corrected chi connectivity index (χ0v) is 7.02. The lowest BCUT2D eigenvalue weighted by Gasteiger charge is -2.07. The predicted molar refractivity (Wildman–Crippen MR) is 46.2 cm³/mol. The van der Waals surface area contributed by atoms with Gasteiger partial charge in [-0.15, -0.1) is 0 Å². The lowest BCUT2D eigenvalue weighted by Crippen LogP contribution is -2.20. The Kier molecular flexibility index (Phi) is 2.31. The number of nitrogens with one attached hydrogen (secondary N) is 1. The summed E-state index contributed by atoms with van der Waals surface area (Å²) in [6.07, 6.45) is 1.93. The van der Waals surface area contributed by atoms with Gasteiger partial charge >= 0.3 is 0 Å². The Labute approximate surface area is 66.8 Å². The molecule has 0 radical (unpaired) electrons. The van der Waals surface area contributed by atoms with E-state index in [0.717, 1.165) is 5.56 Å². The van der Waals surface area contributed by atoms with Crippen LogP contribution in [0.4, 0.5) is 0 Å². The molecule has 0 saturated heterocycles. The SMILES string of the molecule is Cc1[nH]cc(C(N)CN)c1C. The fourth-order valence-electron chi connectivity index (χ4n) is 1.13.